The molecule has 8 heteroatoms. The van der Waals surface area contributed by atoms with Crippen molar-refractivity contribution in [3.05, 3.63) is 17.3 Å². The lowest BCUT2D eigenvalue weighted by molar-refractivity contribution is -0.0903. The predicted octanol–water partition coefficient (Wildman–Crippen LogP) is 1.90. The van der Waals surface area contributed by atoms with Gasteiger partial charge in [-0.1, -0.05) is 0 Å². The summed E-state index contributed by atoms with van der Waals surface area (Å²) in [6, 6.07) is 0. The van der Waals surface area contributed by atoms with Gasteiger partial charge < -0.3 is 9.15 Å². The van der Waals surface area contributed by atoms with Crippen LogP contribution >= 0.6 is 0 Å². The van der Waals surface area contributed by atoms with Gasteiger partial charge in [0.1, 0.15) is 5.76 Å². The standard InChI is InChI=1S/C9H8F3NO4/c1-3-16-8(15)5-4(2)17-7(13-5)6(14)9(10,11)12/h3H2,1-2H3. The Kier molecular flexibility index (Phi) is 3.54. The Morgan fingerprint density at radius 1 is 1.41 bits per heavy atom. The van der Waals surface area contributed by atoms with Crippen molar-refractivity contribution < 1.29 is 31.9 Å². The number of hydrogen-bond donors (Lipinski definition) is 0. The summed E-state index contributed by atoms with van der Waals surface area (Å²) < 4.78 is 45.2. The predicted molar refractivity (Wildman–Crippen MR) is 47.6 cm³/mol. The summed E-state index contributed by atoms with van der Waals surface area (Å²) in [6.07, 6.45) is -5.09. The maximum Gasteiger partial charge on any atom is 0.459 e. The van der Waals surface area contributed by atoms with Crippen molar-refractivity contribution in [2.75, 3.05) is 6.61 Å². The number of nitrogens with zero attached hydrogens (tertiary/aromatic N) is 1. The molecule has 5 nitrogen and oxygen atoms in total. The molecule has 0 saturated heterocycles. The molecule has 0 aliphatic heterocycles. The second-order valence-corrected chi connectivity index (χ2v) is 2.97. The summed E-state index contributed by atoms with van der Waals surface area (Å²) >= 11 is 0. The Morgan fingerprint density at radius 2 is 2.00 bits per heavy atom. The molecule has 0 radical (unpaired) electrons. The number of ketones is 1. The minimum absolute atomic E-state index is 0.0354. The van der Waals surface area contributed by atoms with E-state index < -0.39 is 29.5 Å². The second-order valence-electron chi connectivity index (χ2n) is 2.97. The van der Waals surface area contributed by atoms with Crippen LogP contribution in [0.25, 0.3) is 0 Å². The van der Waals surface area contributed by atoms with Crippen LogP contribution in [0.4, 0.5) is 13.2 Å². The molecule has 0 aliphatic carbocycles. The van der Waals surface area contributed by atoms with E-state index in [4.69, 9.17) is 0 Å². The SMILES string of the molecule is CCOC(=O)c1nc(C(=O)C(F)(F)F)oc1C. The van der Waals surface area contributed by atoms with Gasteiger partial charge in [0, 0.05) is 0 Å². The van der Waals surface area contributed by atoms with Crippen LogP contribution in [0, 0.1) is 6.92 Å². The van der Waals surface area contributed by atoms with E-state index >= 15 is 0 Å². The molecule has 0 saturated carbocycles. The topological polar surface area (TPSA) is 69.4 Å². The molecule has 1 aromatic heterocycles. The van der Waals surface area contributed by atoms with Crippen LogP contribution in [0.3, 0.4) is 0 Å². The van der Waals surface area contributed by atoms with Crippen LogP contribution < -0.4 is 0 Å². The summed E-state index contributed by atoms with van der Waals surface area (Å²) in [4.78, 5) is 25.2. The lowest BCUT2D eigenvalue weighted by atomic mass is 10.3. The smallest absolute Gasteiger partial charge is 0.459 e. The molecule has 94 valence electrons. The highest BCUT2D eigenvalue weighted by atomic mass is 19.4. The van der Waals surface area contributed by atoms with Crippen molar-refractivity contribution in [3.8, 4) is 0 Å². The Balaban J connectivity index is 3.04. The zero-order valence-electron chi connectivity index (χ0n) is 8.92. The normalized spacial score (nSPS) is 11.4. The van der Waals surface area contributed by atoms with Gasteiger partial charge in [0.2, 0.25) is 0 Å². The highest BCUT2D eigenvalue weighted by Gasteiger charge is 2.43. The van der Waals surface area contributed by atoms with Crippen LogP contribution in [-0.4, -0.2) is 29.5 Å². The molecule has 0 aliphatic rings. The molecule has 0 spiro atoms. The summed E-state index contributed by atoms with van der Waals surface area (Å²) in [5.41, 5.74) is -0.431. The van der Waals surface area contributed by atoms with Crippen molar-refractivity contribution >= 4 is 11.8 Å². The third-order valence-corrected chi connectivity index (χ3v) is 1.72. The summed E-state index contributed by atoms with van der Waals surface area (Å²) in [6.45, 7) is 2.77. The fourth-order valence-corrected chi connectivity index (χ4v) is 1.00. The first-order valence-corrected chi connectivity index (χ1v) is 4.53. The van der Waals surface area contributed by atoms with Crippen LogP contribution in [0.5, 0.6) is 0 Å². The quantitative estimate of drug-likeness (QED) is 0.606. The average Bonchev–Trinajstić information content (AvgIpc) is 2.58. The van der Waals surface area contributed by atoms with Crippen LogP contribution in [0.15, 0.2) is 4.42 Å². The molecule has 1 aromatic rings. The van der Waals surface area contributed by atoms with Crippen molar-refractivity contribution in [3.63, 3.8) is 0 Å². The number of alkyl halides is 3. The highest BCUT2D eigenvalue weighted by Crippen LogP contribution is 2.22. The maximum absolute atomic E-state index is 12.1. The van der Waals surface area contributed by atoms with Crippen LogP contribution in [0.1, 0.15) is 33.9 Å². The van der Waals surface area contributed by atoms with Gasteiger partial charge in [-0.15, -0.1) is 0 Å². The summed E-state index contributed by atoms with van der Waals surface area (Å²) in [5, 5.41) is 0. The number of aromatic nitrogens is 1. The molecule has 1 heterocycles. The lowest BCUT2D eigenvalue weighted by Gasteiger charge is -1.99. The Labute approximate surface area is 93.6 Å². The zero-order valence-corrected chi connectivity index (χ0v) is 8.92. The fourth-order valence-electron chi connectivity index (χ4n) is 1.00. The van der Waals surface area contributed by atoms with E-state index in [0.717, 1.165) is 0 Å². The van der Waals surface area contributed by atoms with E-state index in [1.54, 1.807) is 0 Å². The van der Waals surface area contributed by atoms with E-state index in [1.807, 2.05) is 0 Å². The molecule has 0 aromatic carbocycles. The van der Waals surface area contributed by atoms with Gasteiger partial charge in [-0.2, -0.15) is 18.2 Å². The number of hydrogen-bond acceptors (Lipinski definition) is 5. The number of Topliss-reactive ketones (excluding diaryl/α,β-unsaturated/α-hetero) is 1. The molecular formula is C9H8F3NO4. The largest absolute Gasteiger partial charge is 0.461 e. The first-order valence-electron chi connectivity index (χ1n) is 4.53. The minimum atomic E-state index is -5.09. The van der Waals surface area contributed by atoms with Crippen molar-refractivity contribution in [1.82, 2.24) is 4.98 Å². The van der Waals surface area contributed by atoms with Crippen molar-refractivity contribution in [2.24, 2.45) is 0 Å². The third kappa shape index (κ3) is 2.83. The third-order valence-electron chi connectivity index (χ3n) is 1.72. The monoisotopic (exact) mass is 251 g/mol. The molecule has 0 unspecified atom stereocenters. The van der Waals surface area contributed by atoms with Crippen LogP contribution in [0.2, 0.25) is 0 Å². The average molecular weight is 251 g/mol. The van der Waals surface area contributed by atoms with Crippen LogP contribution in [-0.2, 0) is 4.74 Å². The van der Waals surface area contributed by atoms with E-state index in [1.165, 1.54) is 13.8 Å². The molecule has 0 N–H and O–H groups in total. The van der Waals surface area contributed by atoms with Gasteiger partial charge in [-0.25, -0.2) is 4.79 Å². The Hall–Kier alpha value is -1.86. The van der Waals surface area contributed by atoms with Gasteiger partial charge in [0.15, 0.2) is 5.69 Å². The number of ether oxygens (including phenoxy) is 1. The Morgan fingerprint density at radius 3 is 2.47 bits per heavy atom. The first kappa shape index (κ1) is 13.2. The number of halogens is 3. The van der Waals surface area contributed by atoms with Gasteiger partial charge in [0.25, 0.3) is 5.89 Å². The fraction of sp³-hybridized carbons (Fsp3) is 0.444. The van der Waals surface area contributed by atoms with Crippen molar-refractivity contribution in [1.29, 1.82) is 0 Å². The zero-order chi connectivity index (χ0) is 13.2. The number of esters is 1. The molecule has 1 rings (SSSR count). The molecule has 0 amide bonds. The van der Waals surface area contributed by atoms with E-state index in [2.05, 4.69) is 14.1 Å². The number of oxazole rings is 1. The van der Waals surface area contributed by atoms with E-state index in [-0.39, 0.29) is 12.4 Å². The second kappa shape index (κ2) is 4.56. The van der Waals surface area contributed by atoms with Gasteiger partial charge in [-0.05, 0) is 13.8 Å². The Bertz CT molecular complexity index is 450. The van der Waals surface area contributed by atoms with Gasteiger partial charge in [0.05, 0.1) is 6.61 Å². The molecule has 0 atom stereocenters. The summed E-state index contributed by atoms with van der Waals surface area (Å²) in [7, 11) is 0. The molecular weight excluding hydrogens is 243 g/mol. The summed E-state index contributed by atoms with van der Waals surface area (Å²) in [5.74, 6) is -4.54. The number of rotatable bonds is 3. The lowest BCUT2D eigenvalue weighted by Crippen LogP contribution is -2.23. The highest BCUT2D eigenvalue weighted by molar-refractivity contribution is 5.98. The molecule has 0 bridgehead atoms. The van der Waals surface area contributed by atoms with Crippen molar-refractivity contribution in [2.45, 2.75) is 20.0 Å². The number of aryl methyl sites for hydroxylation is 1. The number of carbonyl (C=O) groups is 2. The van der Waals surface area contributed by atoms with E-state index in [9.17, 15) is 22.8 Å². The molecule has 0 fully saturated rings. The minimum Gasteiger partial charge on any atom is -0.461 e. The molecule has 17 heavy (non-hydrogen) atoms. The first-order chi connectivity index (χ1) is 7.77. The van der Waals surface area contributed by atoms with E-state index in [0.29, 0.717) is 0 Å². The van der Waals surface area contributed by atoms with Gasteiger partial charge in [-0.3, -0.25) is 4.79 Å². The number of carbonyl (C=O) groups excluding carboxylic acids is 2. The van der Waals surface area contributed by atoms with Gasteiger partial charge >= 0.3 is 17.9 Å². The maximum atomic E-state index is 12.1.